The second-order valence-electron chi connectivity index (χ2n) is 2.14. The molecule has 1 aromatic rings. The van der Waals surface area contributed by atoms with Crippen LogP contribution in [0.3, 0.4) is 0 Å². The first kappa shape index (κ1) is 9.31. The Bertz CT molecular complexity index is 277. The monoisotopic (exact) mass is 233 g/mol. The number of ether oxygens (including phenoxy) is 1. The van der Waals surface area contributed by atoms with Crippen LogP contribution in [0.25, 0.3) is 0 Å². The molecular formula is C7H8BrNO3. The molecule has 12 heavy (non-hydrogen) atoms. The molecule has 0 radical (unpaired) electrons. The molecule has 0 aliphatic carbocycles. The van der Waals surface area contributed by atoms with Crippen LogP contribution < -0.4 is 9.96 Å². The lowest BCUT2D eigenvalue weighted by molar-refractivity contribution is 0.0290. The Kier molecular flexibility index (Phi) is 2.91. The van der Waals surface area contributed by atoms with Gasteiger partial charge in [0.1, 0.15) is 5.75 Å². The molecule has 0 atom stereocenters. The number of benzene rings is 1. The number of nitrogens with zero attached hydrogens (tertiary/aromatic N) is 1. The van der Waals surface area contributed by atoms with E-state index in [2.05, 4.69) is 15.9 Å². The fraction of sp³-hybridized carbons (Fsp3) is 0.143. The van der Waals surface area contributed by atoms with Crippen molar-refractivity contribution in [3.63, 3.8) is 0 Å². The van der Waals surface area contributed by atoms with E-state index in [0.29, 0.717) is 10.2 Å². The van der Waals surface area contributed by atoms with E-state index >= 15 is 0 Å². The summed E-state index contributed by atoms with van der Waals surface area (Å²) in [5, 5.41) is 17.4. The third-order valence-corrected chi connectivity index (χ3v) is 1.78. The van der Waals surface area contributed by atoms with E-state index < -0.39 is 0 Å². The zero-order valence-electron chi connectivity index (χ0n) is 6.36. The lowest BCUT2D eigenvalue weighted by atomic mass is 10.3. The van der Waals surface area contributed by atoms with Crippen molar-refractivity contribution >= 4 is 21.6 Å². The molecule has 0 saturated heterocycles. The number of rotatable bonds is 2. The largest absolute Gasteiger partial charge is 0.497 e. The molecule has 0 aliphatic heterocycles. The minimum absolute atomic E-state index is 0.0350. The van der Waals surface area contributed by atoms with Crippen molar-refractivity contribution < 1.29 is 15.2 Å². The highest BCUT2D eigenvalue weighted by atomic mass is 79.9. The first-order valence-corrected chi connectivity index (χ1v) is 3.95. The van der Waals surface area contributed by atoms with Crippen molar-refractivity contribution in [2.45, 2.75) is 0 Å². The van der Waals surface area contributed by atoms with Crippen molar-refractivity contribution in [1.29, 1.82) is 0 Å². The molecule has 0 saturated carbocycles. The van der Waals surface area contributed by atoms with Gasteiger partial charge in [0, 0.05) is 10.5 Å². The molecular weight excluding hydrogens is 226 g/mol. The lowest BCUT2D eigenvalue weighted by Gasteiger charge is -2.09. The summed E-state index contributed by atoms with van der Waals surface area (Å²) in [6, 6.07) is 4.75. The van der Waals surface area contributed by atoms with Crippen molar-refractivity contribution in [2.24, 2.45) is 0 Å². The van der Waals surface area contributed by atoms with Gasteiger partial charge in [0.15, 0.2) is 0 Å². The second-order valence-corrected chi connectivity index (χ2v) is 3.05. The predicted molar refractivity (Wildman–Crippen MR) is 46.7 cm³/mol. The third-order valence-electron chi connectivity index (χ3n) is 1.32. The quantitative estimate of drug-likeness (QED) is 0.769. The second kappa shape index (κ2) is 3.75. The maximum Gasteiger partial charge on any atom is 0.122 e. The predicted octanol–water partition coefficient (Wildman–Crippen LogP) is 2.04. The minimum Gasteiger partial charge on any atom is -0.497 e. The third kappa shape index (κ3) is 2.10. The van der Waals surface area contributed by atoms with Crippen LogP contribution >= 0.6 is 15.9 Å². The zero-order valence-corrected chi connectivity index (χ0v) is 7.95. The van der Waals surface area contributed by atoms with E-state index in [1.54, 1.807) is 12.1 Å². The average molecular weight is 234 g/mol. The summed E-state index contributed by atoms with van der Waals surface area (Å²) in [6.45, 7) is 0. The lowest BCUT2D eigenvalue weighted by Crippen LogP contribution is -2.10. The van der Waals surface area contributed by atoms with E-state index in [-0.39, 0.29) is 10.9 Å². The summed E-state index contributed by atoms with van der Waals surface area (Å²) >= 11 is 3.19. The number of methoxy groups -OCH3 is 1. The standard InChI is InChI=1S/C7H8BrNO3/c1-12-7-3-5(8)2-6(4-7)9(10)11/h2-4,10-11H,1H3. The van der Waals surface area contributed by atoms with Gasteiger partial charge in [-0.15, -0.1) is 5.23 Å². The van der Waals surface area contributed by atoms with E-state index in [4.69, 9.17) is 15.2 Å². The van der Waals surface area contributed by atoms with Gasteiger partial charge in [0.05, 0.1) is 12.8 Å². The Morgan fingerprint density at radius 3 is 2.50 bits per heavy atom. The highest BCUT2D eigenvalue weighted by molar-refractivity contribution is 9.10. The van der Waals surface area contributed by atoms with Crippen LogP contribution in [0.1, 0.15) is 0 Å². The first-order valence-electron chi connectivity index (χ1n) is 3.16. The minimum atomic E-state index is 0.0350. The molecule has 66 valence electrons. The van der Waals surface area contributed by atoms with E-state index in [0.717, 1.165) is 0 Å². The Labute approximate surface area is 78.0 Å². The molecule has 0 unspecified atom stereocenters. The Hall–Kier alpha value is -0.780. The van der Waals surface area contributed by atoms with E-state index in [1.807, 2.05) is 0 Å². The average Bonchev–Trinajstić information content (AvgIpc) is 2.03. The molecule has 0 bridgehead atoms. The summed E-state index contributed by atoms with van der Waals surface area (Å²) in [7, 11) is 1.50. The van der Waals surface area contributed by atoms with Gasteiger partial charge in [-0.2, -0.15) is 0 Å². The van der Waals surface area contributed by atoms with E-state index in [1.165, 1.54) is 13.2 Å². The number of anilines is 1. The smallest absolute Gasteiger partial charge is 0.122 e. The molecule has 2 N–H and O–H groups in total. The van der Waals surface area contributed by atoms with Gasteiger partial charge in [0.25, 0.3) is 0 Å². The fourth-order valence-electron chi connectivity index (χ4n) is 0.781. The van der Waals surface area contributed by atoms with Crippen LogP contribution in [-0.4, -0.2) is 17.5 Å². The molecule has 4 nitrogen and oxygen atoms in total. The number of hydrogen-bond donors (Lipinski definition) is 2. The molecule has 0 fully saturated rings. The van der Waals surface area contributed by atoms with Crippen LogP contribution in [0.15, 0.2) is 22.7 Å². The molecule has 0 aliphatic rings. The summed E-state index contributed by atoms with van der Waals surface area (Å²) in [4.78, 5) is 0. The molecule has 0 spiro atoms. The van der Waals surface area contributed by atoms with Gasteiger partial charge in [-0.3, -0.25) is 10.4 Å². The topological polar surface area (TPSA) is 52.9 Å². The summed E-state index contributed by atoms with van der Waals surface area (Å²) in [6.07, 6.45) is 0. The Morgan fingerprint density at radius 2 is 2.00 bits per heavy atom. The molecule has 0 aromatic heterocycles. The van der Waals surface area contributed by atoms with Crippen LogP contribution in [0.5, 0.6) is 5.75 Å². The fourth-order valence-corrected chi connectivity index (χ4v) is 1.24. The van der Waals surface area contributed by atoms with Gasteiger partial charge in [-0.25, -0.2) is 0 Å². The maximum atomic E-state index is 8.68. The normalized spacial score (nSPS) is 9.67. The Morgan fingerprint density at radius 1 is 1.33 bits per heavy atom. The Balaban J connectivity index is 3.06. The van der Waals surface area contributed by atoms with Crippen LogP contribution in [-0.2, 0) is 0 Å². The van der Waals surface area contributed by atoms with Gasteiger partial charge in [0.2, 0.25) is 0 Å². The van der Waals surface area contributed by atoms with Crippen LogP contribution in [0.2, 0.25) is 0 Å². The highest BCUT2D eigenvalue weighted by Crippen LogP contribution is 2.25. The summed E-state index contributed by atoms with van der Waals surface area (Å²) in [5.74, 6) is 0.549. The van der Waals surface area contributed by atoms with Crippen molar-refractivity contribution in [3.8, 4) is 5.75 Å². The zero-order chi connectivity index (χ0) is 9.14. The summed E-state index contributed by atoms with van der Waals surface area (Å²) < 4.78 is 5.62. The van der Waals surface area contributed by atoms with Gasteiger partial charge in [-0.05, 0) is 12.1 Å². The van der Waals surface area contributed by atoms with Crippen molar-refractivity contribution in [2.75, 3.05) is 12.3 Å². The number of hydrogen-bond acceptors (Lipinski definition) is 4. The maximum absolute atomic E-state index is 8.68. The molecule has 5 heteroatoms. The highest BCUT2D eigenvalue weighted by Gasteiger charge is 2.02. The molecule has 1 aromatic carbocycles. The summed E-state index contributed by atoms with van der Waals surface area (Å²) in [5.41, 5.74) is 0.237. The SMILES string of the molecule is COc1cc(Br)cc(N(O)O)c1. The van der Waals surface area contributed by atoms with Gasteiger partial charge in [-0.1, -0.05) is 15.9 Å². The first-order chi connectivity index (χ1) is 5.63. The van der Waals surface area contributed by atoms with Crippen LogP contribution in [0, 0.1) is 0 Å². The number of halogens is 1. The van der Waals surface area contributed by atoms with Gasteiger partial charge < -0.3 is 4.74 Å². The molecule has 1 rings (SSSR count). The van der Waals surface area contributed by atoms with Crippen LogP contribution in [0.4, 0.5) is 5.69 Å². The van der Waals surface area contributed by atoms with Crippen molar-refractivity contribution in [1.82, 2.24) is 0 Å². The molecule has 0 heterocycles. The van der Waals surface area contributed by atoms with Crippen molar-refractivity contribution in [3.05, 3.63) is 22.7 Å². The van der Waals surface area contributed by atoms with E-state index in [9.17, 15) is 0 Å². The molecule has 0 amide bonds. The van der Waals surface area contributed by atoms with Gasteiger partial charge >= 0.3 is 0 Å².